The maximum absolute atomic E-state index is 13.2. The first-order valence-electron chi connectivity index (χ1n) is 11.9. The largest absolute Gasteiger partial charge is 0.464 e. The third kappa shape index (κ3) is 8.11. The van der Waals surface area contributed by atoms with Crippen LogP contribution in [-0.4, -0.2) is 40.1 Å². The molecular weight excluding hydrogens is 526 g/mol. The fourth-order valence-corrected chi connectivity index (χ4v) is 4.03. The van der Waals surface area contributed by atoms with Gasteiger partial charge in [0.2, 0.25) is 5.13 Å². The average Bonchev–Trinajstić information content (AvgIpc) is 3.32. The number of ether oxygens (including phenoxy) is 2. The molecule has 11 heteroatoms. The van der Waals surface area contributed by atoms with Crippen LogP contribution in [-0.2, 0) is 4.79 Å². The van der Waals surface area contributed by atoms with Gasteiger partial charge in [-0.05, 0) is 63.7 Å². The molecule has 8 nitrogen and oxygen atoms in total. The number of nitrogens with zero attached hydrogens (tertiary/aromatic N) is 3. The molecule has 2 aromatic heterocycles. The molecule has 0 fully saturated rings. The predicted molar refractivity (Wildman–Crippen MR) is 146 cm³/mol. The molecule has 3 aromatic rings. The number of allylic oxidation sites excluding steroid dienone is 4. The van der Waals surface area contributed by atoms with E-state index in [1.807, 2.05) is 19.9 Å². The van der Waals surface area contributed by atoms with Gasteiger partial charge in [0.25, 0.3) is 11.1 Å². The van der Waals surface area contributed by atoms with Crippen LogP contribution in [0.25, 0.3) is 11.1 Å². The van der Waals surface area contributed by atoms with Gasteiger partial charge >= 0.3 is 6.61 Å². The number of aromatic nitrogens is 3. The number of anilines is 1. The van der Waals surface area contributed by atoms with Crippen molar-refractivity contribution in [3.8, 4) is 22.1 Å². The number of benzene rings is 1. The lowest BCUT2D eigenvalue weighted by Crippen LogP contribution is -2.14. The molecule has 0 aliphatic carbocycles. The van der Waals surface area contributed by atoms with Gasteiger partial charge in [0.05, 0.1) is 5.56 Å². The van der Waals surface area contributed by atoms with E-state index in [1.54, 1.807) is 50.3 Å². The minimum absolute atomic E-state index is 0.0377. The van der Waals surface area contributed by atoms with Gasteiger partial charge in [-0.25, -0.2) is 0 Å². The Balaban J connectivity index is 1.77. The van der Waals surface area contributed by atoms with Gasteiger partial charge in [-0.3, -0.25) is 19.9 Å². The number of amides is 1. The number of aryl methyl sites for hydroxylation is 1. The molecule has 0 aliphatic heterocycles. The van der Waals surface area contributed by atoms with Gasteiger partial charge in [0.15, 0.2) is 5.78 Å². The molecule has 0 unspecified atom stereocenters. The van der Waals surface area contributed by atoms with E-state index >= 15 is 0 Å². The van der Waals surface area contributed by atoms with E-state index in [1.165, 1.54) is 19.2 Å². The number of alkyl halides is 2. The van der Waals surface area contributed by atoms with Crippen molar-refractivity contribution < 1.29 is 27.8 Å². The summed E-state index contributed by atoms with van der Waals surface area (Å²) in [6.07, 6.45) is 6.65. The number of hydrogen-bond acceptors (Lipinski definition) is 8. The Morgan fingerprint density at radius 3 is 2.51 bits per heavy atom. The molecular formula is C28H28F2N4O4S. The van der Waals surface area contributed by atoms with Crippen LogP contribution in [0.1, 0.15) is 43.7 Å². The minimum atomic E-state index is -3.02. The number of rotatable bonds is 11. The molecule has 0 spiro atoms. The standard InChI is InChI=1S/C28H28F2N4O4S/c1-6-19(18(5)35)11-12-20(16(2)3)15-37-28-34-33-27(39-28)32-25(36)23-14-31-17(4)13-22(23)21-9-7-8-10-24(21)38-26(29)30/h6-14,26H,15H2,1-5H3,(H,32,33,36)/b12-11-,19-6+. The van der Waals surface area contributed by atoms with E-state index < -0.39 is 12.5 Å². The van der Waals surface area contributed by atoms with E-state index in [0.717, 1.165) is 22.5 Å². The first-order valence-corrected chi connectivity index (χ1v) is 12.7. The third-order valence-electron chi connectivity index (χ3n) is 5.48. The first-order chi connectivity index (χ1) is 18.6. The summed E-state index contributed by atoms with van der Waals surface area (Å²) in [4.78, 5) is 29.0. The molecule has 0 bridgehead atoms. The molecule has 0 saturated carbocycles. The molecule has 3 rings (SSSR count). The van der Waals surface area contributed by atoms with Crippen molar-refractivity contribution in [2.75, 3.05) is 11.9 Å². The zero-order valence-electron chi connectivity index (χ0n) is 22.1. The highest BCUT2D eigenvalue weighted by atomic mass is 32.1. The smallest absolute Gasteiger partial charge is 0.387 e. The van der Waals surface area contributed by atoms with Crippen molar-refractivity contribution in [1.29, 1.82) is 0 Å². The van der Waals surface area contributed by atoms with Crippen molar-refractivity contribution in [2.24, 2.45) is 0 Å². The van der Waals surface area contributed by atoms with Crippen molar-refractivity contribution in [3.05, 3.63) is 82.7 Å². The Bertz CT molecular complexity index is 1440. The lowest BCUT2D eigenvalue weighted by Gasteiger charge is -2.14. The number of nitrogens with one attached hydrogen (secondary N) is 1. The summed E-state index contributed by atoms with van der Waals surface area (Å²) < 4.78 is 36.4. The molecule has 0 radical (unpaired) electrons. The van der Waals surface area contributed by atoms with Crippen LogP contribution in [0.2, 0.25) is 0 Å². The summed E-state index contributed by atoms with van der Waals surface area (Å²) >= 11 is 1.03. The highest BCUT2D eigenvalue weighted by Gasteiger charge is 2.20. The number of Topliss-reactive ketones (excluding diaryl/α,β-unsaturated/α-hetero) is 1. The monoisotopic (exact) mass is 554 g/mol. The summed E-state index contributed by atoms with van der Waals surface area (Å²) in [5, 5.41) is 11.0. The maximum atomic E-state index is 13.2. The molecule has 1 aromatic carbocycles. The van der Waals surface area contributed by atoms with E-state index in [4.69, 9.17) is 4.74 Å². The van der Waals surface area contributed by atoms with E-state index in [9.17, 15) is 18.4 Å². The highest BCUT2D eigenvalue weighted by molar-refractivity contribution is 7.17. The number of pyridine rings is 1. The van der Waals surface area contributed by atoms with Gasteiger partial charge in [-0.2, -0.15) is 8.78 Å². The number of halogens is 2. The normalized spacial score (nSPS) is 11.5. The second-order valence-electron chi connectivity index (χ2n) is 8.52. The Labute approximate surface area is 229 Å². The van der Waals surface area contributed by atoms with Crippen molar-refractivity contribution in [3.63, 3.8) is 0 Å². The number of carbonyl (C=O) groups is 2. The summed E-state index contributed by atoms with van der Waals surface area (Å²) in [6.45, 7) is 6.04. The Morgan fingerprint density at radius 1 is 1.10 bits per heavy atom. The number of hydrogen-bond donors (Lipinski definition) is 1. The summed E-state index contributed by atoms with van der Waals surface area (Å²) in [6, 6.07) is 7.84. The van der Waals surface area contributed by atoms with Crippen LogP contribution in [0.3, 0.4) is 0 Å². The summed E-state index contributed by atoms with van der Waals surface area (Å²) in [5.74, 6) is -0.653. The minimum Gasteiger partial charge on any atom is -0.464 e. The van der Waals surface area contributed by atoms with E-state index in [2.05, 4.69) is 25.2 Å². The Kier molecular flexibility index (Phi) is 10.2. The van der Waals surface area contributed by atoms with Crippen LogP contribution in [0.15, 0.2) is 71.5 Å². The number of ketones is 1. The molecule has 0 atom stereocenters. The Morgan fingerprint density at radius 2 is 1.85 bits per heavy atom. The van der Waals surface area contributed by atoms with Gasteiger partial charge in [0, 0.05) is 28.6 Å². The average molecular weight is 555 g/mol. The van der Waals surface area contributed by atoms with Crippen LogP contribution < -0.4 is 14.8 Å². The van der Waals surface area contributed by atoms with Crippen LogP contribution >= 0.6 is 11.3 Å². The molecule has 39 heavy (non-hydrogen) atoms. The molecule has 0 aliphatic rings. The van der Waals surface area contributed by atoms with E-state index in [0.29, 0.717) is 22.4 Å². The van der Waals surface area contributed by atoms with Gasteiger partial charge in [-0.15, -0.1) is 5.10 Å². The van der Waals surface area contributed by atoms with E-state index in [-0.39, 0.29) is 34.0 Å². The van der Waals surface area contributed by atoms with Crippen LogP contribution in [0.4, 0.5) is 13.9 Å². The topological polar surface area (TPSA) is 103 Å². The first kappa shape index (κ1) is 29.3. The quantitative estimate of drug-likeness (QED) is 0.211. The number of carbonyl (C=O) groups excluding carboxylic acids is 2. The van der Waals surface area contributed by atoms with Gasteiger partial charge in [-0.1, -0.05) is 47.1 Å². The van der Waals surface area contributed by atoms with Gasteiger partial charge in [0.1, 0.15) is 12.4 Å². The SMILES string of the molecule is C/C=C(\C=C/C(COc1nnc(NC(=O)c2cnc(C)cc2-c2ccccc2OC(F)F)s1)=C(C)C)C(C)=O. The fourth-order valence-electron chi connectivity index (χ4n) is 3.44. The predicted octanol–water partition coefficient (Wildman–Crippen LogP) is 6.57. The lowest BCUT2D eigenvalue weighted by molar-refractivity contribution is -0.113. The zero-order chi connectivity index (χ0) is 28.5. The maximum Gasteiger partial charge on any atom is 0.387 e. The molecule has 1 N–H and O–H groups in total. The summed E-state index contributed by atoms with van der Waals surface area (Å²) in [5.41, 5.74) is 3.88. The van der Waals surface area contributed by atoms with Crippen molar-refractivity contribution in [2.45, 2.75) is 41.2 Å². The Hall–Kier alpha value is -4.25. The fraction of sp³-hybridized carbons (Fsp3) is 0.250. The second kappa shape index (κ2) is 13.5. The second-order valence-corrected chi connectivity index (χ2v) is 9.46. The third-order valence-corrected chi connectivity index (χ3v) is 6.23. The number of para-hydroxylation sites is 1. The lowest BCUT2D eigenvalue weighted by atomic mass is 9.99. The molecule has 204 valence electrons. The highest BCUT2D eigenvalue weighted by Crippen LogP contribution is 2.34. The molecule has 2 heterocycles. The van der Waals surface area contributed by atoms with Crippen LogP contribution in [0, 0.1) is 6.92 Å². The summed E-state index contributed by atoms with van der Waals surface area (Å²) in [7, 11) is 0. The van der Waals surface area contributed by atoms with Gasteiger partial charge < -0.3 is 9.47 Å². The molecule has 0 saturated heterocycles. The van der Waals surface area contributed by atoms with Crippen molar-refractivity contribution >= 4 is 28.2 Å². The molecule has 1 amide bonds. The zero-order valence-corrected chi connectivity index (χ0v) is 22.9. The van der Waals surface area contributed by atoms with Crippen LogP contribution in [0.5, 0.6) is 10.9 Å². The van der Waals surface area contributed by atoms with Crippen molar-refractivity contribution in [1.82, 2.24) is 15.2 Å².